The number of nitrogens with one attached hydrogen (secondary N) is 1. The van der Waals surface area contributed by atoms with E-state index in [0.29, 0.717) is 11.5 Å². The second kappa shape index (κ2) is 6.23. The van der Waals surface area contributed by atoms with Crippen LogP contribution in [0.3, 0.4) is 0 Å². The molecule has 3 N–H and O–H groups in total. The van der Waals surface area contributed by atoms with Gasteiger partial charge in [-0.25, -0.2) is 9.97 Å². The fraction of sp³-hybridized carbons (Fsp3) is 0.0588. The first-order valence-electron chi connectivity index (χ1n) is 7.04. The van der Waals surface area contributed by atoms with Crippen LogP contribution in [-0.4, -0.2) is 20.9 Å². The smallest absolute Gasteiger partial charge is 0.260 e. The Morgan fingerprint density at radius 2 is 1.78 bits per heavy atom. The molecule has 0 fully saturated rings. The van der Waals surface area contributed by atoms with E-state index in [9.17, 15) is 4.79 Å². The van der Waals surface area contributed by atoms with E-state index in [-0.39, 0.29) is 17.3 Å². The van der Waals surface area contributed by atoms with Gasteiger partial charge in [0, 0.05) is 29.8 Å². The normalized spacial score (nSPS) is 10.3. The lowest BCUT2D eigenvalue weighted by atomic mass is 10.2. The number of carbonyl (C=O) groups is 1. The van der Waals surface area contributed by atoms with Crippen LogP contribution in [0.2, 0.25) is 0 Å². The Bertz CT molecular complexity index is 831. The molecular weight excluding hydrogens is 290 g/mol. The number of hydrogen-bond donors (Lipinski definition) is 2. The van der Waals surface area contributed by atoms with Gasteiger partial charge in [0.25, 0.3) is 5.91 Å². The van der Waals surface area contributed by atoms with Gasteiger partial charge < -0.3 is 11.1 Å². The van der Waals surface area contributed by atoms with Gasteiger partial charge in [0.05, 0.1) is 0 Å². The summed E-state index contributed by atoms with van der Waals surface area (Å²) >= 11 is 0. The molecule has 0 radical (unpaired) electrons. The lowest BCUT2D eigenvalue weighted by Gasteiger charge is -2.08. The minimum atomic E-state index is -0.340. The number of nitrogens with two attached hydrogens (primary N) is 1. The van der Waals surface area contributed by atoms with Gasteiger partial charge in [-0.05, 0) is 31.2 Å². The number of amides is 1. The van der Waals surface area contributed by atoms with E-state index in [1.165, 1.54) is 6.20 Å². The third kappa shape index (κ3) is 3.32. The van der Waals surface area contributed by atoms with Gasteiger partial charge in [0.2, 0.25) is 0 Å². The zero-order valence-corrected chi connectivity index (χ0v) is 12.5. The van der Waals surface area contributed by atoms with E-state index in [2.05, 4.69) is 20.3 Å². The second-order valence-electron chi connectivity index (χ2n) is 5.05. The first-order valence-corrected chi connectivity index (χ1v) is 7.04. The molecule has 6 heteroatoms. The molecule has 0 unspecified atom stereocenters. The van der Waals surface area contributed by atoms with E-state index >= 15 is 0 Å². The SMILES string of the molecule is Cc1ccc(NC(=O)c2cnc(-c3ccncc3)nc2N)cc1. The average Bonchev–Trinajstić information content (AvgIpc) is 2.57. The average molecular weight is 305 g/mol. The standard InChI is InChI=1S/C17H15N5O/c1-11-2-4-13(5-3-11)21-17(23)14-10-20-16(22-15(14)18)12-6-8-19-9-7-12/h2-10H,1H3,(H,21,23)(H2,18,20,22). The topological polar surface area (TPSA) is 93.8 Å². The van der Waals surface area contributed by atoms with E-state index < -0.39 is 0 Å². The van der Waals surface area contributed by atoms with Crippen molar-refractivity contribution < 1.29 is 4.79 Å². The maximum Gasteiger partial charge on any atom is 0.260 e. The maximum absolute atomic E-state index is 12.3. The van der Waals surface area contributed by atoms with Gasteiger partial charge in [0.1, 0.15) is 11.4 Å². The van der Waals surface area contributed by atoms with Gasteiger partial charge in [-0.3, -0.25) is 9.78 Å². The van der Waals surface area contributed by atoms with Crippen LogP contribution in [0.5, 0.6) is 0 Å². The molecule has 3 aromatic rings. The third-order valence-electron chi connectivity index (χ3n) is 3.31. The van der Waals surface area contributed by atoms with Crippen LogP contribution < -0.4 is 11.1 Å². The van der Waals surface area contributed by atoms with Crippen LogP contribution in [-0.2, 0) is 0 Å². The van der Waals surface area contributed by atoms with Gasteiger partial charge in [-0.15, -0.1) is 0 Å². The van der Waals surface area contributed by atoms with E-state index in [1.807, 2.05) is 31.2 Å². The van der Waals surface area contributed by atoms with E-state index in [1.54, 1.807) is 24.5 Å². The first kappa shape index (κ1) is 14.6. The number of aromatic nitrogens is 3. The minimum absolute atomic E-state index is 0.136. The molecule has 0 atom stereocenters. The first-order chi connectivity index (χ1) is 11.1. The van der Waals surface area contributed by atoms with Crippen molar-refractivity contribution in [1.82, 2.24) is 15.0 Å². The number of hydrogen-bond acceptors (Lipinski definition) is 5. The summed E-state index contributed by atoms with van der Waals surface area (Å²) in [4.78, 5) is 24.6. The molecule has 2 aromatic heterocycles. The molecule has 114 valence electrons. The Kier molecular flexibility index (Phi) is 3.97. The monoisotopic (exact) mass is 305 g/mol. The Hall–Kier alpha value is -3.28. The van der Waals surface area contributed by atoms with Crippen molar-refractivity contribution in [2.45, 2.75) is 6.92 Å². The third-order valence-corrected chi connectivity index (χ3v) is 3.31. The maximum atomic E-state index is 12.3. The van der Waals surface area contributed by atoms with Crippen LogP contribution >= 0.6 is 0 Å². The number of aryl methyl sites for hydroxylation is 1. The molecule has 0 spiro atoms. The Labute approximate surface area is 133 Å². The molecule has 23 heavy (non-hydrogen) atoms. The Morgan fingerprint density at radius 3 is 2.43 bits per heavy atom. The van der Waals surface area contributed by atoms with Gasteiger partial charge >= 0.3 is 0 Å². The zero-order valence-electron chi connectivity index (χ0n) is 12.5. The number of anilines is 2. The predicted molar refractivity (Wildman–Crippen MR) is 88.8 cm³/mol. The molecule has 2 heterocycles. The van der Waals surface area contributed by atoms with Crippen molar-refractivity contribution >= 4 is 17.4 Å². The fourth-order valence-electron chi connectivity index (χ4n) is 2.05. The van der Waals surface area contributed by atoms with E-state index in [0.717, 1.165) is 11.1 Å². The summed E-state index contributed by atoms with van der Waals surface area (Å²) in [6, 6.07) is 11.1. The number of benzene rings is 1. The quantitative estimate of drug-likeness (QED) is 0.776. The van der Waals surface area contributed by atoms with Crippen molar-refractivity contribution in [3.63, 3.8) is 0 Å². The zero-order chi connectivity index (χ0) is 16.2. The lowest BCUT2D eigenvalue weighted by Crippen LogP contribution is -2.15. The van der Waals surface area contributed by atoms with Crippen molar-refractivity contribution in [3.8, 4) is 11.4 Å². The van der Waals surface area contributed by atoms with Crippen LogP contribution in [0.15, 0.2) is 55.0 Å². The predicted octanol–water partition coefficient (Wildman–Crippen LogP) is 2.68. The molecule has 0 aliphatic carbocycles. The highest BCUT2D eigenvalue weighted by Gasteiger charge is 2.13. The summed E-state index contributed by atoms with van der Waals surface area (Å²) in [5.74, 6) is 0.251. The molecule has 0 aliphatic heterocycles. The number of nitrogens with zero attached hydrogens (tertiary/aromatic N) is 3. The Balaban J connectivity index is 1.83. The molecule has 6 nitrogen and oxygen atoms in total. The van der Waals surface area contributed by atoms with Gasteiger partial charge in [-0.2, -0.15) is 0 Å². The molecular formula is C17H15N5O. The molecule has 3 rings (SSSR count). The summed E-state index contributed by atoms with van der Waals surface area (Å²) in [6.45, 7) is 1.98. The molecule has 0 bridgehead atoms. The summed E-state index contributed by atoms with van der Waals surface area (Å²) in [5.41, 5.74) is 8.75. The summed E-state index contributed by atoms with van der Waals surface area (Å²) < 4.78 is 0. The highest BCUT2D eigenvalue weighted by molar-refractivity contribution is 6.07. The van der Waals surface area contributed by atoms with Crippen molar-refractivity contribution in [3.05, 3.63) is 66.1 Å². The number of nitrogen functional groups attached to an aromatic ring is 1. The molecule has 0 aliphatic rings. The van der Waals surface area contributed by atoms with Crippen LogP contribution in [0.25, 0.3) is 11.4 Å². The van der Waals surface area contributed by atoms with Crippen LogP contribution in [0.4, 0.5) is 11.5 Å². The summed E-state index contributed by atoms with van der Waals surface area (Å²) in [6.07, 6.45) is 4.72. The summed E-state index contributed by atoms with van der Waals surface area (Å²) in [5, 5.41) is 2.78. The molecule has 0 saturated heterocycles. The van der Waals surface area contributed by atoms with E-state index in [4.69, 9.17) is 5.73 Å². The number of pyridine rings is 1. The molecule has 1 aromatic carbocycles. The number of rotatable bonds is 3. The Morgan fingerprint density at radius 1 is 1.09 bits per heavy atom. The van der Waals surface area contributed by atoms with Crippen molar-refractivity contribution in [2.24, 2.45) is 0 Å². The minimum Gasteiger partial charge on any atom is -0.383 e. The largest absolute Gasteiger partial charge is 0.383 e. The fourth-order valence-corrected chi connectivity index (χ4v) is 2.05. The number of carbonyl (C=O) groups excluding carboxylic acids is 1. The van der Waals surface area contributed by atoms with Crippen LogP contribution in [0.1, 0.15) is 15.9 Å². The van der Waals surface area contributed by atoms with Crippen molar-refractivity contribution in [2.75, 3.05) is 11.1 Å². The lowest BCUT2D eigenvalue weighted by molar-refractivity contribution is 0.102. The molecule has 0 saturated carbocycles. The van der Waals surface area contributed by atoms with Crippen molar-refractivity contribution in [1.29, 1.82) is 0 Å². The summed E-state index contributed by atoms with van der Waals surface area (Å²) in [7, 11) is 0. The molecule has 1 amide bonds. The highest BCUT2D eigenvalue weighted by Crippen LogP contribution is 2.18. The van der Waals surface area contributed by atoms with Gasteiger partial charge in [-0.1, -0.05) is 17.7 Å². The van der Waals surface area contributed by atoms with Crippen LogP contribution in [0, 0.1) is 6.92 Å². The van der Waals surface area contributed by atoms with Gasteiger partial charge in [0.15, 0.2) is 5.82 Å². The second-order valence-corrected chi connectivity index (χ2v) is 5.05. The highest BCUT2D eigenvalue weighted by atomic mass is 16.1.